The van der Waals surface area contributed by atoms with E-state index in [0.717, 1.165) is 16.0 Å². The lowest BCUT2D eigenvalue weighted by Crippen LogP contribution is -2.28. The van der Waals surface area contributed by atoms with Gasteiger partial charge in [-0.25, -0.2) is 9.78 Å². The van der Waals surface area contributed by atoms with E-state index in [2.05, 4.69) is 20.9 Å². The molecule has 0 saturated carbocycles. The Hall–Kier alpha value is -3.53. The van der Waals surface area contributed by atoms with E-state index in [4.69, 9.17) is 11.6 Å². The molecule has 226 valence electrons. The molecule has 0 aliphatic heterocycles. The maximum absolute atomic E-state index is 12.9. The van der Waals surface area contributed by atoms with Crippen LogP contribution < -0.4 is 16.0 Å². The van der Waals surface area contributed by atoms with E-state index in [1.54, 1.807) is 50.2 Å². The molecule has 0 aliphatic carbocycles. The Bertz CT molecular complexity index is 1590. The van der Waals surface area contributed by atoms with Crippen molar-refractivity contribution >= 4 is 53.3 Å². The summed E-state index contributed by atoms with van der Waals surface area (Å²) < 4.78 is 12.3. The van der Waals surface area contributed by atoms with Crippen LogP contribution in [-0.4, -0.2) is 26.7 Å². The average Bonchev–Trinajstić information content (AvgIpc) is 3.39. The van der Waals surface area contributed by atoms with Gasteiger partial charge in [0, 0.05) is 34.1 Å². The lowest BCUT2D eigenvalue weighted by atomic mass is 9.92. The summed E-state index contributed by atoms with van der Waals surface area (Å²) in [4.78, 5) is 51.0. The number of benzene rings is 3. The number of anilines is 2. The molecule has 5 N–H and O–H groups in total. The third-order valence-corrected chi connectivity index (χ3v) is 10.6. The van der Waals surface area contributed by atoms with Crippen LogP contribution in [0.15, 0.2) is 78.9 Å². The topological polar surface area (TPSA) is 141 Å². The molecule has 0 aliphatic rings. The van der Waals surface area contributed by atoms with Crippen molar-refractivity contribution in [2.24, 2.45) is 0 Å². The number of urea groups is 1. The third kappa shape index (κ3) is 8.10. The van der Waals surface area contributed by atoms with Gasteiger partial charge < -0.3 is 20.4 Å². The standard InChI is InChI=1S/C31H34ClN4O5PS/c1-3-31(4-2,42(39,40)41)23-12-16-25(17-13-23)34-27(37)19-18-26-28(22-10-14-24(32)15-11-22)35-30(43-26)36-29(38)33-20-21-8-6-5-7-9-21/h5-17H,3-4,18-20H2,1-2H3,(H,34,37)(H2,39,40,41)(H2,33,35,36,38). The predicted molar refractivity (Wildman–Crippen MR) is 173 cm³/mol. The summed E-state index contributed by atoms with van der Waals surface area (Å²) in [6, 6.07) is 23.0. The molecule has 1 aromatic heterocycles. The van der Waals surface area contributed by atoms with Crippen molar-refractivity contribution in [2.45, 2.75) is 51.2 Å². The van der Waals surface area contributed by atoms with Gasteiger partial charge in [0.25, 0.3) is 0 Å². The molecule has 0 spiro atoms. The zero-order valence-electron chi connectivity index (χ0n) is 23.8. The van der Waals surface area contributed by atoms with E-state index in [9.17, 15) is 23.9 Å². The minimum atomic E-state index is -4.40. The highest BCUT2D eigenvalue weighted by Gasteiger charge is 2.45. The molecule has 1 heterocycles. The van der Waals surface area contributed by atoms with Crippen LogP contribution in [0.1, 0.15) is 49.1 Å². The number of hydrogen-bond donors (Lipinski definition) is 5. The molecule has 9 nitrogen and oxygen atoms in total. The summed E-state index contributed by atoms with van der Waals surface area (Å²) in [5, 5.41) is 8.20. The zero-order chi connectivity index (χ0) is 31.0. The highest BCUT2D eigenvalue weighted by atomic mass is 35.5. The van der Waals surface area contributed by atoms with Crippen LogP contribution in [0.5, 0.6) is 0 Å². The van der Waals surface area contributed by atoms with Crippen LogP contribution in [-0.2, 0) is 27.5 Å². The van der Waals surface area contributed by atoms with Crippen molar-refractivity contribution in [1.29, 1.82) is 0 Å². The maximum atomic E-state index is 12.9. The van der Waals surface area contributed by atoms with Gasteiger partial charge in [-0.1, -0.05) is 80.0 Å². The van der Waals surface area contributed by atoms with Crippen LogP contribution in [0.2, 0.25) is 5.02 Å². The van der Waals surface area contributed by atoms with Crippen molar-refractivity contribution in [1.82, 2.24) is 10.3 Å². The molecule has 0 bridgehead atoms. The van der Waals surface area contributed by atoms with Crippen LogP contribution in [0, 0.1) is 0 Å². The van der Waals surface area contributed by atoms with Gasteiger partial charge >= 0.3 is 13.6 Å². The Labute approximate surface area is 259 Å². The molecule has 0 saturated heterocycles. The molecule has 3 amide bonds. The molecule has 12 heteroatoms. The maximum Gasteiger partial charge on any atom is 0.335 e. The number of carbonyl (C=O) groups excluding carboxylic acids is 2. The fourth-order valence-corrected chi connectivity index (χ4v) is 7.29. The molecule has 0 radical (unpaired) electrons. The van der Waals surface area contributed by atoms with Gasteiger partial charge in [0.2, 0.25) is 5.91 Å². The van der Waals surface area contributed by atoms with E-state index in [1.165, 1.54) is 11.3 Å². The molecule has 0 atom stereocenters. The number of aromatic nitrogens is 1. The van der Waals surface area contributed by atoms with Gasteiger partial charge in [-0.15, -0.1) is 11.3 Å². The third-order valence-electron chi connectivity index (χ3n) is 7.34. The largest absolute Gasteiger partial charge is 0.335 e. The highest BCUT2D eigenvalue weighted by Crippen LogP contribution is 2.60. The van der Waals surface area contributed by atoms with Gasteiger partial charge in [-0.2, -0.15) is 0 Å². The Morgan fingerprint density at radius 3 is 2.19 bits per heavy atom. The second kappa shape index (κ2) is 14.3. The number of hydrogen-bond acceptors (Lipinski definition) is 5. The lowest BCUT2D eigenvalue weighted by Gasteiger charge is -2.33. The predicted octanol–water partition coefficient (Wildman–Crippen LogP) is 7.55. The van der Waals surface area contributed by atoms with E-state index in [-0.39, 0.29) is 31.2 Å². The number of amides is 3. The molecule has 0 unspecified atom stereocenters. The fraction of sp³-hybridized carbons (Fsp3) is 0.258. The summed E-state index contributed by atoms with van der Waals surface area (Å²) in [5.41, 5.74) is 3.50. The molecular weight excluding hydrogens is 607 g/mol. The van der Waals surface area contributed by atoms with Crippen molar-refractivity contribution in [3.8, 4) is 11.3 Å². The highest BCUT2D eigenvalue weighted by molar-refractivity contribution is 7.53. The van der Waals surface area contributed by atoms with Crippen molar-refractivity contribution in [3.63, 3.8) is 0 Å². The first-order chi connectivity index (χ1) is 20.5. The number of nitrogens with zero attached hydrogens (tertiary/aromatic N) is 1. The zero-order valence-corrected chi connectivity index (χ0v) is 26.3. The molecule has 4 aromatic rings. The number of rotatable bonds is 12. The lowest BCUT2D eigenvalue weighted by molar-refractivity contribution is -0.116. The number of halogens is 1. The second-order valence-corrected chi connectivity index (χ2v) is 13.5. The Kier molecular flexibility index (Phi) is 10.8. The molecule has 4 rings (SSSR count). The summed E-state index contributed by atoms with van der Waals surface area (Å²) >= 11 is 7.38. The normalized spacial score (nSPS) is 11.7. The fourth-order valence-electron chi connectivity index (χ4n) is 4.88. The van der Waals surface area contributed by atoms with Crippen molar-refractivity contribution in [3.05, 3.63) is 99.9 Å². The average molecular weight is 641 g/mol. The first-order valence-electron chi connectivity index (χ1n) is 13.8. The smallest absolute Gasteiger partial charge is 0.334 e. The minimum Gasteiger partial charge on any atom is -0.334 e. The number of thiazole rings is 1. The molecule has 43 heavy (non-hydrogen) atoms. The van der Waals surface area contributed by atoms with Gasteiger partial charge in [0.05, 0.1) is 10.9 Å². The summed E-state index contributed by atoms with van der Waals surface area (Å²) in [6.07, 6.45) is 1.10. The second-order valence-electron chi connectivity index (χ2n) is 10.00. The van der Waals surface area contributed by atoms with Crippen LogP contribution in [0.3, 0.4) is 0 Å². The van der Waals surface area contributed by atoms with Crippen molar-refractivity contribution < 1.29 is 23.9 Å². The Morgan fingerprint density at radius 1 is 0.930 bits per heavy atom. The summed E-state index contributed by atoms with van der Waals surface area (Å²) in [5.74, 6) is -0.231. The van der Waals surface area contributed by atoms with E-state index in [0.29, 0.717) is 40.1 Å². The van der Waals surface area contributed by atoms with Gasteiger partial charge in [-0.3, -0.25) is 14.7 Å². The Balaban J connectivity index is 1.44. The van der Waals surface area contributed by atoms with Gasteiger partial charge in [-0.05, 0) is 54.7 Å². The first-order valence-corrected chi connectivity index (χ1v) is 16.7. The van der Waals surface area contributed by atoms with E-state index < -0.39 is 12.8 Å². The summed E-state index contributed by atoms with van der Waals surface area (Å²) in [7, 11) is -4.40. The van der Waals surface area contributed by atoms with E-state index >= 15 is 0 Å². The quantitative estimate of drug-likeness (QED) is 0.101. The summed E-state index contributed by atoms with van der Waals surface area (Å²) in [6.45, 7) is 3.88. The van der Waals surface area contributed by atoms with Crippen LogP contribution >= 0.6 is 30.5 Å². The van der Waals surface area contributed by atoms with E-state index in [1.807, 2.05) is 42.5 Å². The van der Waals surface area contributed by atoms with Gasteiger partial charge in [0.1, 0.15) is 0 Å². The Morgan fingerprint density at radius 2 is 1.58 bits per heavy atom. The monoisotopic (exact) mass is 640 g/mol. The molecular formula is C31H34ClN4O5PS. The number of aryl methyl sites for hydroxylation is 1. The first kappa shape index (κ1) is 32.4. The number of carbonyl (C=O) groups is 2. The van der Waals surface area contributed by atoms with Crippen molar-refractivity contribution in [2.75, 3.05) is 10.6 Å². The molecule has 0 fully saturated rings. The van der Waals surface area contributed by atoms with Gasteiger partial charge in [0.15, 0.2) is 5.13 Å². The minimum absolute atomic E-state index is 0.153. The molecule has 3 aromatic carbocycles. The SMILES string of the molecule is CCC(CC)(c1ccc(NC(=O)CCc2sc(NC(=O)NCc3ccccc3)nc2-c2ccc(Cl)cc2)cc1)P(=O)(O)O. The number of nitrogens with one attached hydrogen (secondary N) is 3. The van der Waals surface area contributed by atoms with Crippen LogP contribution in [0.25, 0.3) is 11.3 Å². The van der Waals surface area contributed by atoms with Crippen LogP contribution in [0.4, 0.5) is 15.6 Å².